The monoisotopic (exact) mass is 128 g/mol. The third kappa shape index (κ3) is 2390. The van der Waals surface area contributed by atoms with Crippen molar-refractivity contribution in [1.29, 1.82) is 0 Å². The van der Waals surface area contributed by atoms with Crippen molar-refractivity contribution in [3.8, 4) is 0 Å². The average Bonchev–Trinajstić information content (AvgIpc) is 1.33. The van der Waals surface area contributed by atoms with Gasteiger partial charge in [-0.05, 0) is 0 Å². The van der Waals surface area contributed by atoms with Gasteiger partial charge in [0.15, 0.2) is 0 Å². The molecule has 0 atom stereocenters. The molecule has 0 rings (SSSR count). The molecule has 0 aliphatic carbocycles. The van der Waals surface area contributed by atoms with Crippen LogP contribution in [0.1, 0.15) is 13.8 Å². The summed E-state index contributed by atoms with van der Waals surface area (Å²) in [6, 6.07) is 0. The predicted molar refractivity (Wildman–Crippen MR) is 26.3 cm³/mol. The van der Waals surface area contributed by atoms with E-state index in [0.29, 0.717) is 0 Å². The van der Waals surface area contributed by atoms with Crippen molar-refractivity contribution in [2.24, 2.45) is 0 Å². The minimum atomic E-state index is -1.83. The summed E-state index contributed by atoms with van der Waals surface area (Å²) in [6.07, 6.45) is 0.167. The van der Waals surface area contributed by atoms with Crippen molar-refractivity contribution in [3.05, 3.63) is 6.42 Å². The first kappa shape index (κ1) is 15.7. The fourth-order valence-electron chi connectivity index (χ4n) is 0. The molecule has 4 heteroatoms. The van der Waals surface area contributed by atoms with E-state index in [4.69, 9.17) is 15.0 Å². The molecule has 0 saturated heterocycles. The van der Waals surface area contributed by atoms with Gasteiger partial charge in [0.05, 0.1) is 0 Å². The molecule has 0 aromatic carbocycles. The van der Waals surface area contributed by atoms with Crippen molar-refractivity contribution < 1.29 is 44.6 Å². The standard InChI is InChI=1S/C3H7.CH2O3.Na/c1-3-2;2-1(3)4;/h3H,1-2H3;(H2,2,3,4);/q-1;;+1. The van der Waals surface area contributed by atoms with Gasteiger partial charge in [0.25, 0.3) is 0 Å². The molecule has 0 fully saturated rings. The van der Waals surface area contributed by atoms with E-state index in [1.807, 2.05) is 20.3 Å². The summed E-state index contributed by atoms with van der Waals surface area (Å²) in [6.45, 7) is 4.00. The number of hydrogen-bond acceptors (Lipinski definition) is 1. The van der Waals surface area contributed by atoms with Gasteiger partial charge in [-0.2, -0.15) is 13.8 Å². The van der Waals surface area contributed by atoms with Gasteiger partial charge in [-0.25, -0.2) is 4.79 Å². The molecule has 0 heterocycles. The van der Waals surface area contributed by atoms with Gasteiger partial charge in [0.1, 0.15) is 0 Å². The molecule has 0 aliphatic heterocycles. The van der Waals surface area contributed by atoms with Crippen LogP contribution in [0.25, 0.3) is 0 Å². The van der Waals surface area contributed by atoms with Crippen molar-refractivity contribution in [3.63, 3.8) is 0 Å². The number of rotatable bonds is 0. The van der Waals surface area contributed by atoms with E-state index in [9.17, 15) is 0 Å². The Balaban J connectivity index is -0.0000000575. The Morgan fingerprint density at radius 1 is 1.38 bits per heavy atom. The molecule has 0 spiro atoms. The summed E-state index contributed by atoms with van der Waals surface area (Å²) in [5, 5.41) is 13.9. The quantitative estimate of drug-likeness (QED) is 0.307. The van der Waals surface area contributed by atoms with E-state index in [1.54, 1.807) is 0 Å². The van der Waals surface area contributed by atoms with E-state index < -0.39 is 6.16 Å². The molecular weight excluding hydrogens is 119 g/mol. The Kier molecular flexibility index (Phi) is 30.8. The van der Waals surface area contributed by atoms with Crippen LogP contribution < -0.4 is 29.6 Å². The van der Waals surface area contributed by atoms with Gasteiger partial charge in [-0.15, -0.1) is 0 Å². The summed E-state index contributed by atoms with van der Waals surface area (Å²) >= 11 is 0. The fraction of sp³-hybridized carbons (Fsp3) is 0.500. The summed E-state index contributed by atoms with van der Waals surface area (Å²) in [7, 11) is 0. The van der Waals surface area contributed by atoms with Crippen molar-refractivity contribution >= 4 is 6.16 Å². The third-order valence-corrected chi connectivity index (χ3v) is 0. The molecule has 2 N–H and O–H groups in total. The largest absolute Gasteiger partial charge is 1.00 e. The SMILES string of the molecule is C[CH-]C.O=C(O)O.[Na+]. The van der Waals surface area contributed by atoms with Crippen LogP contribution in [-0.4, -0.2) is 16.4 Å². The third-order valence-electron chi connectivity index (χ3n) is 0. The van der Waals surface area contributed by atoms with Crippen molar-refractivity contribution in [2.45, 2.75) is 13.8 Å². The summed E-state index contributed by atoms with van der Waals surface area (Å²) in [4.78, 5) is 8.56. The topological polar surface area (TPSA) is 57.5 Å². The van der Waals surface area contributed by atoms with Gasteiger partial charge in [0, 0.05) is 0 Å². The normalized spacial score (nSPS) is 5.25. The summed E-state index contributed by atoms with van der Waals surface area (Å²) in [5.74, 6) is 0. The maximum absolute atomic E-state index is 8.56. The summed E-state index contributed by atoms with van der Waals surface area (Å²) < 4.78 is 0. The smallest absolute Gasteiger partial charge is 0.450 e. The molecule has 0 bridgehead atoms. The first-order valence-corrected chi connectivity index (χ1v) is 1.81. The molecule has 3 nitrogen and oxygen atoms in total. The summed E-state index contributed by atoms with van der Waals surface area (Å²) in [5.41, 5.74) is 0. The Labute approximate surface area is 71.0 Å². The zero-order valence-electron chi connectivity index (χ0n) is 5.38. The molecule has 0 amide bonds. The number of carboxylic acid groups (broad SMARTS) is 2. The maximum atomic E-state index is 8.56. The molecule has 0 aliphatic rings. The average molecular weight is 128 g/mol. The number of carbonyl (C=O) groups is 1. The zero-order valence-corrected chi connectivity index (χ0v) is 7.38. The molecule has 0 unspecified atom stereocenters. The van der Waals surface area contributed by atoms with Crippen LogP contribution in [-0.2, 0) is 0 Å². The Hall–Kier alpha value is 0.270. The number of hydrogen-bond donors (Lipinski definition) is 2. The molecule has 0 radical (unpaired) electrons. The molecule has 0 aromatic heterocycles. The van der Waals surface area contributed by atoms with Gasteiger partial charge in [-0.3, -0.25) is 0 Å². The van der Waals surface area contributed by atoms with Crippen LogP contribution in [0.5, 0.6) is 0 Å². The van der Waals surface area contributed by atoms with E-state index >= 15 is 0 Å². The van der Waals surface area contributed by atoms with Crippen molar-refractivity contribution in [1.82, 2.24) is 0 Å². The fourth-order valence-corrected chi connectivity index (χ4v) is 0. The minimum absolute atomic E-state index is 0. The van der Waals surface area contributed by atoms with Gasteiger partial charge < -0.3 is 16.6 Å². The van der Waals surface area contributed by atoms with E-state index in [1.165, 1.54) is 0 Å². The minimum Gasteiger partial charge on any atom is -0.450 e. The zero-order chi connectivity index (χ0) is 6.28. The van der Waals surface area contributed by atoms with Crippen LogP contribution in [0, 0.1) is 6.42 Å². The van der Waals surface area contributed by atoms with Gasteiger partial charge in [-0.1, -0.05) is 0 Å². The second-order valence-electron chi connectivity index (χ2n) is 0.860. The van der Waals surface area contributed by atoms with Crippen molar-refractivity contribution in [2.75, 3.05) is 0 Å². The predicted octanol–water partition coefficient (Wildman–Crippen LogP) is -1.54. The molecular formula is C4H9NaO3. The second kappa shape index (κ2) is 15.7. The molecule has 8 heavy (non-hydrogen) atoms. The Morgan fingerprint density at radius 2 is 1.38 bits per heavy atom. The Bertz CT molecular complexity index is 42.5. The molecule has 0 saturated carbocycles. The van der Waals surface area contributed by atoms with Gasteiger partial charge in [0.2, 0.25) is 0 Å². The van der Waals surface area contributed by atoms with Crippen LogP contribution in [0.3, 0.4) is 0 Å². The Morgan fingerprint density at radius 3 is 1.38 bits per heavy atom. The second-order valence-corrected chi connectivity index (χ2v) is 0.860. The first-order valence-electron chi connectivity index (χ1n) is 1.81. The molecule has 44 valence electrons. The van der Waals surface area contributed by atoms with Crippen LogP contribution in [0.15, 0.2) is 0 Å². The van der Waals surface area contributed by atoms with E-state index in [0.717, 1.165) is 0 Å². The first-order chi connectivity index (χ1) is 3.15. The van der Waals surface area contributed by atoms with E-state index in [2.05, 4.69) is 0 Å². The van der Waals surface area contributed by atoms with Crippen LogP contribution in [0.2, 0.25) is 0 Å². The maximum Gasteiger partial charge on any atom is 1.00 e. The molecule has 0 aromatic rings. The van der Waals surface area contributed by atoms with Crippen LogP contribution in [0.4, 0.5) is 4.79 Å². The van der Waals surface area contributed by atoms with Crippen LogP contribution >= 0.6 is 0 Å². The van der Waals surface area contributed by atoms with E-state index in [-0.39, 0.29) is 29.6 Å². The van der Waals surface area contributed by atoms with Gasteiger partial charge >= 0.3 is 35.7 Å².